The molecule has 2 aromatic rings. The fraction of sp³-hybridized carbons (Fsp3) is 0.368. The molecule has 5 nitrogen and oxygen atoms in total. The van der Waals surface area contributed by atoms with E-state index < -0.39 is 11.7 Å². The lowest BCUT2D eigenvalue weighted by molar-refractivity contribution is -0.516. The Balaban J connectivity index is 2.05. The van der Waals surface area contributed by atoms with Crippen molar-refractivity contribution < 1.29 is 4.92 Å². The Morgan fingerprint density at radius 2 is 1.62 bits per heavy atom. The van der Waals surface area contributed by atoms with Gasteiger partial charge >= 0.3 is 0 Å². The molecule has 0 aliphatic heterocycles. The fourth-order valence-electron chi connectivity index (χ4n) is 2.64. The number of hydrogen-bond donors (Lipinski definition) is 2. The lowest BCUT2D eigenvalue weighted by atomic mass is 9.93. The Bertz CT molecular complexity index is 634. The second-order valence-corrected chi connectivity index (χ2v) is 6.32. The quantitative estimate of drug-likeness (QED) is 0.421. The van der Waals surface area contributed by atoms with Crippen molar-refractivity contribution in [3.8, 4) is 0 Å². The van der Waals surface area contributed by atoms with Crippen molar-refractivity contribution in [3.05, 3.63) is 81.9 Å². The van der Waals surface area contributed by atoms with Crippen molar-refractivity contribution in [2.75, 3.05) is 6.54 Å². The van der Waals surface area contributed by atoms with Crippen LogP contribution >= 0.6 is 0 Å². The first-order valence-corrected chi connectivity index (χ1v) is 8.24. The monoisotopic (exact) mass is 327 g/mol. The summed E-state index contributed by atoms with van der Waals surface area (Å²) in [5.41, 5.74) is 8.25. The zero-order valence-corrected chi connectivity index (χ0v) is 14.0. The van der Waals surface area contributed by atoms with Crippen molar-refractivity contribution in [1.29, 1.82) is 0 Å². The predicted octanol–water partition coefficient (Wildman–Crippen LogP) is 2.77. The summed E-state index contributed by atoms with van der Waals surface area (Å²) in [6.45, 7) is 1.85. The maximum Gasteiger partial charge on any atom is 0.222 e. The van der Waals surface area contributed by atoms with E-state index in [1.807, 2.05) is 48.5 Å². The molecule has 3 N–H and O–H groups in total. The van der Waals surface area contributed by atoms with E-state index >= 15 is 0 Å². The van der Waals surface area contributed by atoms with E-state index in [1.165, 1.54) is 5.56 Å². The first-order valence-electron chi connectivity index (χ1n) is 8.24. The van der Waals surface area contributed by atoms with Crippen molar-refractivity contribution in [2.24, 2.45) is 5.73 Å². The molecule has 2 unspecified atom stereocenters. The third-order valence-corrected chi connectivity index (χ3v) is 4.17. The molecule has 0 aromatic heterocycles. The molecule has 0 radical (unpaired) electrons. The summed E-state index contributed by atoms with van der Waals surface area (Å²) >= 11 is 0. The van der Waals surface area contributed by atoms with Gasteiger partial charge in [0.15, 0.2) is 0 Å². The van der Waals surface area contributed by atoms with E-state index in [4.69, 9.17) is 5.73 Å². The van der Waals surface area contributed by atoms with Gasteiger partial charge in [0.2, 0.25) is 6.04 Å². The smallest absolute Gasteiger partial charge is 0.222 e. The highest BCUT2D eigenvalue weighted by Gasteiger charge is 2.27. The third kappa shape index (κ3) is 5.76. The van der Waals surface area contributed by atoms with Gasteiger partial charge in [-0.2, -0.15) is 0 Å². The van der Waals surface area contributed by atoms with Crippen LogP contribution in [0.2, 0.25) is 0 Å². The molecular formula is C19H25N3O2. The Labute approximate surface area is 143 Å². The average molecular weight is 327 g/mol. The highest BCUT2D eigenvalue weighted by molar-refractivity contribution is 5.19. The van der Waals surface area contributed by atoms with Crippen LogP contribution in [0.1, 0.15) is 24.5 Å². The van der Waals surface area contributed by atoms with Gasteiger partial charge < -0.3 is 5.73 Å². The normalized spacial score (nSPS) is 14.8. The average Bonchev–Trinajstić information content (AvgIpc) is 2.60. The van der Waals surface area contributed by atoms with Gasteiger partial charge in [-0.3, -0.25) is 15.4 Å². The minimum atomic E-state index is -0.679. The molecule has 0 fully saturated rings. The molecule has 0 aliphatic rings. The zero-order chi connectivity index (χ0) is 17.4. The van der Waals surface area contributed by atoms with Crippen molar-refractivity contribution in [1.82, 2.24) is 5.32 Å². The largest absolute Gasteiger partial charge is 0.313 e. The molecule has 0 spiro atoms. The number of nitrogens with zero attached hydrogens (tertiary/aromatic N) is 1. The second kappa shape index (κ2) is 8.57. The molecule has 0 aliphatic carbocycles. The Morgan fingerprint density at radius 1 is 1.08 bits per heavy atom. The van der Waals surface area contributed by atoms with Gasteiger partial charge in [-0.05, 0) is 24.0 Å². The minimum absolute atomic E-state index is 0.255. The molecule has 0 saturated heterocycles. The van der Waals surface area contributed by atoms with Gasteiger partial charge in [-0.15, -0.1) is 0 Å². The fourth-order valence-corrected chi connectivity index (χ4v) is 2.64. The summed E-state index contributed by atoms with van der Waals surface area (Å²) in [6.07, 6.45) is 2.16. The second-order valence-electron chi connectivity index (χ2n) is 6.32. The van der Waals surface area contributed by atoms with Crippen LogP contribution in [-0.2, 0) is 12.8 Å². The summed E-state index contributed by atoms with van der Waals surface area (Å²) in [6, 6.07) is 19.5. The maximum atomic E-state index is 10.9. The number of benzene rings is 2. The van der Waals surface area contributed by atoms with E-state index in [2.05, 4.69) is 17.4 Å². The summed E-state index contributed by atoms with van der Waals surface area (Å²) in [4.78, 5) is 10.6. The van der Waals surface area contributed by atoms with Crippen molar-refractivity contribution in [2.45, 2.75) is 37.9 Å². The third-order valence-electron chi connectivity index (χ3n) is 4.17. The van der Waals surface area contributed by atoms with Crippen LogP contribution in [0.4, 0.5) is 0 Å². The van der Waals surface area contributed by atoms with Crippen LogP contribution in [0.15, 0.2) is 60.7 Å². The van der Waals surface area contributed by atoms with E-state index in [-0.39, 0.29) is 11.5 Å². The SMILES string of the molecule is CC(CNC(N)(CCc1ccccc1)Cc1ccccc1)[N+](=O)[O-]. The Morgan fingerprint density at radius 3 is 2.17 bits per heavy atom. The molecule has 24 heavy (non-hydrogen) atoms. The van der Waals surface area contributed by atoms with Crippen LogP contribution in [0.5, 0.6) is 0 Å². The van der Waals surface area contributed by atoms with E-state index in [0.717, 1.165) is 12.0 Å². The molecule has 5 heteroatoms. The number of nitro groups is 1. The molecular weight excluding hydrogens is 302 g/mol. The molecule has 128 valence electrons. The van der Waals surface area contributed by atoms with Crippen LogP contribution in [0, 0.1) is 10.1 Å². The van der Waals surface area contributed by atoms with Gasteiger partial charge in [-0.25, -0.2) is 0 Å². The Kier molecular flexibility index (Phi) is 6.46. The van der Waals surface area contributed by atoms with Gasteiger partial charge in [-0.1, -0.05) is 60.7 Å². The number of nitrogens with two attached hydrogens (primary N) is 1. The van der Waals surface area contributed by atoms with Gasteiger partial charge in [0.05, 0.1) is 12.2 Å². The number of nitrogens with one attached hydrogen (secondary N) is 1. The molecule has 2 aromatic carbocycles. The van der Waals surface area contributed by atoms with E-state index in [0.29, 0.717) is 12.8 Å². The number of aryl methyl sites for hydroxylation is 1. The van der Waals surface area contributed by atoms with E-state index in [1.54, 1.807) is 6.92 Å². The lowest BCUT2D eigenvalue weighted by Gasteiger charge is -2.31. The first-order chi connectivity index (χ1) is 11.5. The van der Waals surface area contributed by atoms with Gasteiger partial charge in [0, 0.05) is 18.3 Å². The van der Waals surface area contributed by atoms with Crippen LogP contribution in [0.3, 0.4) is 0 Å². The Hall–Kier alpha value is -2.24. The molecule has 2 atom stereocenters. The maximum absolute atomic E-state index is 10.9. The predicted molar refractivity (Wildman–Crippen MR) is 96.3 cm³/mol. The minimum Gasteiger partial charge on any atom is -0.313 e. The standard InChI is InChI=1S/C19H25N3O2/c1-16(22(23)24)15-21-19(20,14-18-10-6-3-7-11-18)13-12-17-8-4-2-5-9-17/h2-11,16,21H,12-15,20H2,1H3. The number of rotatable bonds is 9. The van der Waals surface area contributed by atoms with Crippen LogP contribution < -0.4 is 11.1 Å². The van der Waals surface area contributed by atoms with Gasteiger partial charge in [0.1, 0.15) is 0 Å². The van der Waals surface area contributed by atoms with E-state index in [9.17, 15) is 10.1 Å². The molecule has 0 bridgehead atoms. The summed E-state index contributed by atoms with van der Waals surface area (Å²) < 4.78 is 0. The first kappa shape index (κ1) is 18.1. The molecule has 0 heterocycles. The summed E-state index contributed by atoms with van der Waals surface area (Å²) in [5, 5.41) is 14.1. The van der Waals surface area contributed by atoms with Crippen LogP contribution in [0.25, 0.3) is 0 Å². The molecule has 0 amide bonds. The summed E-state index contributed by atoms with van der Waals surface area (Å²) in [5.74, 6) is 0. The summed E-state index contributed by atoms with van der Waals surface area (Å²) in [7, 11) is 0. The highest BCUT2D eigenvalue weighted by atomic mass is 16.6. The molecule has 0 saturated carbocycles. The highest BCUT2D eigenvalue weighted by Crippen LogP contribution is 2.16. The van der Waals surface area contributed by atoms with Crippen molar-refractivity contribution in [3.63, 3.8) is 0 Å². The number of hydrogen-bond acceptors (Lipinski definition) is 4. The van der Waals surface area contributed by atoms with Crippen molar-refractivity contribution >= 4 is 0 Å². The lowest BCUT2D eigenvalue weighted by Crippen LogP contribution is -2.57. The molecule has 2 rings (SSSR count). The zero-order valence-electron chi connectivity index (χ0n) is 14.0. The topological polar surface area (TPSA) is 81.2 Å². The van der Waals surface area contributed by atoms with Crippen LogP contribution in [-0.4, -0.2) is 23.2 Å². The van der Waals surface area contributed by atoms with Gasteiger partial charge in [0.25, 0.3) is 0 Å².